The number of aliphatic hydroxyl groups is 2. The molecule has 1 rings (SSSR count). The molecular weight excluding hydrogens is 220 g/mol. The smallest absolute Gasteiger partial charge is 0.257 e. The van der Waals surface area contributed by atoms with Crippen LogP contribution in [0.1, 0.15) is 10.4 Å². The van der Waals surface area contributed by atoms with E-state index in [0.717, 1.165) is 18.2 Å². The summed E-state index contributed by atoms with van der Waals surface area (Å²) in [6.07, 6.45) is 0. The van der Waals surface area contributed by atoms with Crippen molar-refractivity contribution in [3.05, 3.63) is 35.4 Å². The molecular formula is C10H11F2NO3. The number of hydrogen-bond acceptors (Lipinski definition) is 3. The lowest BCUT2D eigenvalue weighted by molar-refractivity contribution is 0.0871. The number of halogens is 2. The molecule has 0 aliphatic carbocycles. The third-order valence-electron chi connectivity index (χ3n) is 1.97. The minimum absolute atomic E-state index is 0.516. The molecule has 0 saturated heterocycles. The van der Waals surface area contributed by atoms with Crippen molar-refractivity contribution in [3.8, 4) is 0 Å². The number of amides is 1. The highest BCUT2D eigenvalue weighted by molar-refractivity contribution is 5.94. The van der Waals surface area contributed by atoms with Crippen molar-refractivity contribution in [1.82, 2.24) is 5.32 Å². The fourth-order valence-electron chi connectivity index (χ4n) is 1.12. The van der Waals surface area contributed by atoms with Gasteiger partial charge in [0.15, 0.2) is 0 Å². The fourth-order valence-corrected chi connectivity index (χ4v) is 1.12. The molecule has 6 heteroatoms. The first kappa shape index (κ1) is 12.5. The van der Waals surface area contributed by atoms with Gasteiger partial charge in [-0.3, -0.25) is 4.79 Å². The highest BCUT2D eigenvalue weighted by atomic mass is 19.1. The number of carbonyl (C=O) groups is 1. The molecule has 88 valence electrons. The Morgan fingerprint density at radius 2 is 1.75 bits per heavy atom. The van der Waals surface area contributed by atoms with Gasteiger partial charge in [-0.05, 0) is 12.1 Å². The average Bonchev–Trinajstić information content (AvgIpc) is 2.25. The predicted molar refractivity (Wildman–Crippen MR) is 51.8 cm³/mol. The summed E-state index contributed by atoms with van der Waals surface area (Å²) in [5.74, 6) is -3.00. The van der Waals surface area contributed by atoms with Gasteiger partial charge in [-0.2, -0.15) is 0 Å². The number of rotatable bonds is 4. The van der Waals surface area contributed by atoms with Gasteiger partial charge in [0.25, 0.3) is 5.91 Å². The molecule has 0 aromatic heterocycles. The maximum absolute atomic E-state index is 13.1. The Morgan fingerprint density at radius 3 is 2.19 bits per heavy atom. The molecule has 1 amide bonds. The van der Waals surface area contributed by atoms with Crippen molar-refractivity contribution >= 4 is 5.91 Å². The van der Waals surface area contributed by atoms with Gasteiger partial charge in [-0.15, -0.1) is 0 Å². The van der Waals surface area contributed by atoms with Gasteiger partial charge < -0.3 is 15.5 Å². The summed E-state index contributed by atoms with van der Waals surface area (Å²) < 4.78 is 26.3. The molecule has 0 unspecified atom stereocenters. The van der Waals surface area contributed by atoms with Crippen LogP contribution in [0.15, 0.2) is 18.2 Å². The SMILES string of the molecule is O=C(NC(CO)CO)c1c(F)cccc1F. The molecule has 16 heavy (non-hydrogen) atoms. The molecule has 1 aromatic rings. The van der Waals surface area contributed by atoms with Gasteiger partial charge in [-0.25, -0.2) is 8.78 Å². The van der Waals surface area contributed by atoms with E-state index in [1.54, 1.807) is 0 Å². The van der Waals surface area contributed by atoms with Crippen molar-refractivity contribution in [2.45, 2.75) is 6.04 Å². The summed E-state index contributed by atoms with van der Waals surface area (Å²) in [7, 11) is 0. The van der Waals surface area contributed by atoms with Gasteiger partial charge in [0.1, 0.15) is 17.2 Å². The van der Waals surface area contributed by atoms with Crippen LogP contribution in [0.25, 0.3) is 0 Å². The Balaban J connectivity index is 2.88. The Kier molecular flexibility index (Phi) is 4.33. The molecule has 0 atom stereocenters. The number of hydrogen-bond donors (Lipinski definition) is 3. The summed E-state index contributed by atoms with van der Waals surface area (Å²) in [6.45, 7) is -1.03. The van der Waals surface area contributed by atoms with Crippen LogP contribution in [-0.4, -0.2) is 35.4 Å². The molecule has 0 radical (unpaired) electrons. The second-order valence-electron chi connectivity index (χ2n) is 3.13. The van der Waals surface area contributed by atoms with E-state index in [1.165, 1.54) is 0 Å². The summed E-state index contributed by atoms with van der Waals surface area (Å²) in [5, 5.41) is 19.5. The molecule has 0 saturated carbocycles. The third kappa shape index (κ3) is 2.74. The van der Waals surface area contributed by atoms with Crippen molar-refractivity contribution in [2.75, 3.05) is 13.2 Å². The summed E-state index contributed by atoms with van der Waals surface area (Å²) in [5.41, 5.74) is -0.727. The van der Waals surface area contributed by atoms with Crippen LogP contribution < -0.4 is 5.32 Å². The van der Waals surface area contributed by atoms with Crippen LogP contribution in [-0.2, 0) is 0 Å². The topological polar surface area (TPSA) is 69.6 Å². The Bertz CT molecular complexity index is 360. The van der Waals surface area contributed by atoms with E-state index in [2.05, 4.69) is 5.32 Å². The zero-order valence-corrected chi connectivity index (χ0v) is 8.28. The summed E-state index contributed by atoms with van der Waals surface area (Å²) in [6, 6.07) is 2.10. The molecule has 3 N–H and O–H groups in total. The lowest BCUT2D eigenvalue weighted by atomic mass is 10.1. The third-order valence-corrected chi connectivity index (χ3v) is 1.97. The van der Waals surface area contributed by atoms with Gasteiger partial charge in [0, 0.05) is 0 Å². The summed E-state index contributed by atoms with van der Waals surface area (Å²) in [4.78, 5) is 11.4. The molecule has 0 fully saturated rings. The lowest BCUT2D eigenvalue weighted by Crippen LogP contribution is -2.40. The Labute approximate surface area is 90.5 Å². The largest absolute Gasteiger partial charge is 0.394 e. The van der Waals surface area contributed by atoms with Gasteiger partial charge in [0.2, 0.25) is 0 Å². The van der Waals surface area contributed by atoms with Crippen molar-refractivity contribution in [3.63, 3.8) is 0 Å². The van der Waals surface area contributed by atoms with E-state index >= 15 is 0 Å². The number of benzene rings is 1. The highest BCUT2D eigenvalue weighted by Gasteiger charge is 2.19. The standard InChI is InChI=1S/C10H11F2NO3/c11-7-2-1-3-8(12)9(7)10(16)13-6(4-14)5-15/h1-3,6,14-15H,4-5H2,(H,13,16). The quantitative estimate of drug-likeness (QED) is 0.685. The zero-order valence-electron chi connectivity index (χ0n) is 8.28. The Hall–Kier alpha value is -1.53. The van der Waals surface area contributed by atoms with E-state index < -0.39 is 42.4 Å². The second kappa shape index (κ2) is 5.53. The van der Waals surface area contributed by atoms with Crippen molar-refractivity contribution in [1.29, 1.82) is 0 Å². The molecule has 0 aliphatic rings. The summed E-state index contributed by atoms with van der Waals surface area (Å²) >= 11 is 0. The first-order chi connectivity index (χ1) is 7.60. The molecule has 0 spiro atoms. The van der Waals surface area contributed by atoms with Crippen LogP contribution in [0, 0.1) is 11.6 Å². The first-order valence-corrected chi connectivity index (χ1v) is 4.56. The van der Waals surface area contributed by atoms with Crippen LogP contribution in [0.3, 0.4) is 0 Å². The van der Waals surface area contributed by atoms with E-state index in [-0.39, 0.29) is 0 Å². The molecule has 1 aromatic carbocycles. The second-order valence-corrected chi connectivity index (χ2v) is 3.13. The maximum atomic E-state index is 13.1. The Morgan fingerprint density at radius 1 is 1.25 bits per heavy atom. The number of nitrogens with one attached hydrogen (secondary N) is 1. The average molecular weight is 231 g/mol. The van der Waals surface area contributed by atoms with Crippen molar-refractivity contribution in [2.24, 2.45) is 0 Å². The highest BCUT2D eigenvalue weighted by Crippen LogP contribution is 2.11. The van der Waals surface area contributed by atoms with Crippen LogP contribution >= 0.6 is 0 Å². The van der Waals surface area contributed by atoms with E-state index in [9.17, 15) is 13.6 Å². The van der Waals surface area contributed by atoms with Crippen molar-refractivity contribution < 1.29 is 23.8 Å². The van der Waals surface area contributed by atoms with Crippen LogP contribution in [0.2, 0.25) is 0 Å². The number of aliphatic hydroxyl groups excluding tert-OH is 2. The zero-order chi connectivity index (χ0) is 12.1. The molecule has 0 aliphatic heterocycles. The van der Waals surface area contributed by atoms with E-state index in [0.29, 0.717) is 0 Å². The first-order valence-electron chi connectivity index (χ1n) is 4.56. The molecule has 0 bridgehead atoms. The normalized spacial score (nSPS) is 10.6. The van der Waals surface area contributed by atoms with E-state index in [1.807, 2.05) is 0 Å². The van der Waals surface area contributed by atoms with Gasteiger partial charge in [-0.1, -0.05) is 6.07 Å². The monoisotopic (exact) mass is 231 g/mol. The fraction of sp³-hybridized carbons (Fsp3) is 0.300. The predicted octanol–water partition coefficient (Wildman–Crippen LogP) is 0.0478. The molecule has 0 heterocycles. The maximum Gasteiger partial charge on any atom is 0.257 e. The van der Waals surface area contributed by atoms with Gasteiger partial charge >= 0.3 is 0 Å². The van der Waals surface area contributed by atoms with Gasteiger partial charge in [0.05, 0.1) is 19.3 Å². The minimum atomic E-state index is -1.01. The molecule has 4 nitrogen and oxygen atoms in total. The van der Waals surface area contributed by atoms with Crippen LogP contribution in [0.4, 0.5) is 8.78 Å². The van der Waals surface area contributed by atoms with Crippen LogP contribution in [0.5, 0.6) is 0 Å². The minimum Gasteiger partial charge on any atom is -0.394 e. The van der Waals surface area contributed by atoms with E-state index in [4.69, 9.17) is 10.2 Å². The lowest BCUT2D eigenvalue weighted by Gasteiger charge is -2.13. The number of carbonyl (C=O) groups excluding carboxylic acids is 1.